The van der Waals surface area contributed by atoms with Crippen LogP contribution in [0.1, 0.15) is 25.1 Å². The van der Waals surface area contributed by atoms with E-state index in [2.05, 4.69) is 20.4 Å². The Morgan fingerprint density at radius 3 is 2.74 bits per heavy atom. The van der Waals surface area contributed by atoms with E-state index in [1.165, 1.54) is 18.7 Å². The Labute approximate surface area is 256 Å². The number of carbonyl (C=O) groups is 4. The molecule has 0 radical (unpaired) electrons. The van der Waals surface area contributed by atoms with E-state index in [1.807, 2.05) is 29.8 Å². The lowest BCUT2D eigenvalue weighted by atomic mass is 10.0. The van der Waals surface area contributed by atoms with Crippen molar-refractivity contribution in [2.24, 2.45) is 5.16 Å². The standard InChI is InChI=1S/C25H25ClN8O7S2/c1-3-11-17-12(29-19(11)27)5-4-6-33(17)7-10-8-42-22-15(21(36)34(22)16(10)24(39)40)30-20(35)14(32-41-9(2)23(37)38)13-18(26)43-25(28)31-13/h4-6,9,15,22H,3,7-8H2,1-2H3,(H7,27,28,29,30,31,35,37,38,39,40)/p+1/t9-,15?,22?/m0/s1. The molecule has 5 rings (SSSR count). The van der Waals surface area contributed by atoms with Crippen molar-refractivity contribution in [1.29, 1.82) is 0 Å². The van der Waals surface area contributed by atoms with Crippen molar-refractivity contribution in [3.05, 3.63) is 45.2 Å². The van der Waals surface area contributed by atoms with E-state index in [4.69, 9.17) is 33.0 Å². The lowest BCUT2D eigenvalue weighted by molar-refractivity contribution is -0.663. The third-order valence-electron chi connectivity index (χ3n) is 6.89. The first-order chi connectivity index (χ1) is 20.4. The van der Waals surface area contributed by atoms with Gasteiger partial charge < -0.3 is 36.8 Å². The summed E-state index contributed by atoms with van der Waals surface area (Å²) in [5.41, 5.74) is 14.1. The van der Waals surface area contributed by atoms with Crippen molar-refractivity contribution in [3.63, 3.8) is 0 Å². The Morgan fingerprint density at radius 1 is 1.37 bits per heavy atom. The third-order valence-corrected chi connectivity index (χ3v) is 9.32. The first-order valence-electron chi connectivity index (χ1n) is 12.8. The van der Waals surface area contributed by atoms with Gasteiger partial charge in [0.1, 0.15) is 38.5 Å². The summed E-state index contributed by atoms with van der Waals surface area (Å²) in [6.45, 7) is 3.37. The van der Waals surface area contributed by atoms with Gasteiger partial charge in [-0.3, -0.25) is 14.5 Å². The number of aromatic amines is 1. The zero-order valence-corrected chi connectivity index (χ0v) is 25.0. The molecule has 3 atom stereocenters. The zero-order valence-electron chi connectivity index (χ0n) is 22.7. The molecule has 1 saturated heterocycles. The number of nitrogen functional groups attached to an aromatic ring is 2. The Kier molecular flexibility index (Phi) is 8.22. The summed E-state index contributed by atoms with van der Waals surface area (Å²) in [6, 6.07) is 2.58. The highest BCUT2D eigenvalue weighted by molar-refractivity contribution is 8.00. The molecule has 0 aromatic carbocycles. The number of anilines is 2. The van der Waals surface area contributed by atoms with Crippen LogP contribution in [0.3, 0.4) is 0 Å². The summed E-state index contributed by atoms with van der Waals surface area (Å²) in [5, 5.41) is 24.7. The molecule has 0 spiro atoms. The summed E-state index contributed by atoms with van der Waals surface area (Å²) >= 11 is 8.31. The number of halogens is 1. The van der Waals surface area contributed by atoms with Crippen LogP contribution < -0.4 is 21.4 Å². The molecular formula is C25H26ClN8O7S2+. The largest absolute Gasteiger partial charge is 0.478 e. The number of oxime groups is 1. The second-order valence-electron chi connectivity index (χ2n) is 9.59. The van der Waals surface area contributed by atoms with Gasteiger partial charge in [0.05, 0.1) is 5.56 Å². The van der Waals surface area contributed by atoms with Crippen molar-refractivity contribution in [2.75, 3.05) is 17.2 Å². The lowest BCUT2D eigenvalue weighted by Crippen LogP contribution is -2.71. The first kappa shape index (κ1) is 30.1. The number of hydrogen-bond donors (Lipinski definition) is 6. The van der Waals surface area contributed by atoms with Crippen LogP contribution in [-0.4, -0.2) is 77.8 Å². The minimum Gasteiger partial charge on any atom is -0.478 e. The van der Waals surface area contributed by atoms with E-state index in [-0.39, 0.29) is 33.2 Å². The molecule has 0 saturated carbocycles. The topological polar surface area (TPSA) is 230 Å². The summed E-state index contributed by atoms with van der Waals surface area (Å²) in [6.07, 6.45) is 1.07. The number of thiazole rings is 1. The Balaban J connectivity index is 1.41. The maximum absolute atomic E-state index is 13.3. The van der Waals surface area contributed by atoms with Gasteiger partial charge in [-0.05, 0) is 19.4 Å². The number of thioether (sulfide) groups is 1. The average Bonchev–Trinajstić information content (AvgIpc) is 3.47. The van der Waals surface area contributed by atoms with Gasteiger partial charge >= 0.3 is 11.9 Å². The number of amides is 2. The molecule has 0 aliphatic carbocycles. The predicted octanol–water partition coefficient (Wildman–Crippen LogP) is 0.925. The Morgan fingerprint density at radius 2 is 2.12 bits per heavy atom. The molecular weight excluding hydrogens is 624 g/mol. The van der Waals surface area contributed by atoms with Crippen LogP contribution in [0.25, 0.3) is 11.0 Å². The summed E-state index contributed by atoms with van der Waals surface area (Å²) in [4.78, 5) is 63.4. The second kappa shape index (κ2) is 11.7. The molecule has 0 bridgehead atoms. The minimum atomic E-state index is -1.41. The lowest BCUT2D eigenvalue weighted by Gasteiger charge is -2.49. The number of β-lactam (4-membered cyclic amide) rings is 1. The summed E-state index contributed by atoms with van der Waals surface area (Å²) in [7, 11) is 0. The molecule has 43 heavy (non-hydrogen) atoms. The monoisotopic (exact) mass is 649 g/mol. The quantitative estimate of drug-likeness (QED) is 0.0782. The minimum absolute atomic E-state index is 0.00440. The molecule has 2 unspecified atom stereocenters. The Bertz CT molecular complexity index is 1740. The third kappa shape index (κ3) is 5.46. The van der Waals surface area contributed by atoms with E-state index in [1.54, 1.807) is 0 Å². The number of carboxylic acid groups (broad SMARTS) is 2. The van der Waals surface area contributed by atoms with Gasteiger partial charge in [-0.1, -0.05) is 35.0 Å². The number of carboxylic acids is 2. The van der Waals surface area contributed by atoms with E-state index in [0.717, 1.165) is 32.8 Å². The normalized spacial score (nSPS) is 19.2. The number of nitrogens with two attached hydrogens (primary N) is 2. The van der Waals surface area contributed by atoms with Crippen LogP contribution in [0.4, 0.5) is 10.9 Å². The van der Waals surface area contributed by atoms with Crippen LogP contribution >= 0.6 is 34.7 Å². The molecule has 2 aliphatic rings. The molecule has 1 fully saturated rings. The van der Waals surface area contributed by atoms with E-state index < -0.39 is 47.0 Å². The van der Waals surface area contributed by atoms with Gasteiger partial charge in [-0.15, -0.1) is 11.8 Å². The van der Waals surface area contributed by atoms with Crippen LogP contribution in [0.15, 0.2) is 34.8 Å². The van der Waals surface area contributed by atoms with Crippen LogP contribution in [0.2, 0.25) is 4.34 Å². The highest BCUT2D eigenvalue weighted by atomic mass is 35.5. The van der Waals surface area contributed by atoms with E-state index in [0.29, 0.717) is 17.8 Å². The number of pyridine rings is 1. The molecule has 18 heteroatoms. The highest BCUT2D eigenvalue weighted by Crippen LogP contribution is 2.40. The Hall–Kier alpha value is -4.35. The van der Waals surface area contributed by atoms with Gasteiger partial charge in [-0.2, -0.15) is 4.57 Å². The van der Waals surface area contributed by atoms with Crippen molar-refractivity contribution in [1.82, 2.24) is 20.2 Å². The maximum Gasteiger partial charge on any atom is 0.352 e. The van der Waals surface area contributed by atoms with Crippen molar-refractivity contribution in [2.45, 2.75) is 44.3 Å². The molecule has 2 amide bonds. The number of nitrogens with zero attached hydrogens (tertiary/aromatic N) is 4. The molecule has 15 nitrogen and oxygen atoms in total. The average molecular weight is 650 g/mol. The molecule has 8 N–H and O–H groups in total. The fraction of sp³-hybridized carbons (Fsp3) is 0.320. The number of aryl methyl sites for hydroxylation is 1. The summed E-state index contributed by atoms with van der Waals surface area (Å²) < 4.78 is 1.89. The SMILES string of the molecule is CCc1c(N)[nH]c2ccc[n+](CC3=C(C(=O)O)N4C(=O)C(NC(=O)C(=NO[C@@H](C)C(=O)O)c5nc(N)sc5Cl)C4SC3)c12. The highest BCUT2D eigenvalue weighted by Gasteiger charge is 2.55. The molecule has 2 aliphatic heterocycles. The second-order valence-corrected chi connectivity index (χ2v) is 12.3. The van der Waals surface area contributed by atoms with Gasteiger partial charge in [0.2, 0.25) is 11.6 Å². The zero-order chi connectivity index (χ0) is 31.2. The number of aliphatic carboxylic acids is 2. The number of nitrogens with one attached hydrogen (secondary N) is 2. The van der Waals surface area contributed by atoms with Crippen molar-refractivity contribution >= 4 is 86.1 Å². The molecule has 3 aromatic heterocycles. The van der Waals surface area contributed by atoms with Gasteiger partial charge in [-0.25, -0.2) is 14.6 Å². The fourth-order valence-electron chi connectivity index (χ4n) is 4.88. The number of aromatic nitrogens is 3. The predicted molar refractivity (Wildman–Crippen MR) is 158 cm³/mol. The number of H-pyrrole nitrogens is 1. The fourth-order valence-corrected chi connectivity index (χ4v) is 7.14. The smallest absolute Gasteiger partial charge is 0.352 e. The van der Waals surface area contributed by atoms with Crippen molar-refractivity contribution < 1.29 is 38.8 Å². The van der Waals surface area contributed by atoms with Gasteiger partial charge in [0, 0.05) is 17.4 Å². The maximum atomic E-state index is 13.3. The van der Waals surface area contributed by atoms with E-state index >= 15 is 0 Å². The van der Waals surface area contributed by atoms with Crippen LogP contribution in [0, 0.1) is 0 Å². The molecule has 226 valence electrons. The molecule has 3 aromatic rings. The number of hydrogen-bond acceptors (Lipinski definition) is 11. The van der Waals surface area contributed by atoms with Crippen molar-refractivity contribution in [3.8, 4) is 0 Å². The summed E-state index contributed by atoms with van der Waals surface area (Å²) in [5.74, 6) is -3.39. The number of fused-ring (bicyclic) bond motifs is 2. The van der Waals surface area contributed by atoms with Crippen LogP contribution in [0.5, 0.6) is 0 Å². The van der Waals surface area contributed by atoms with Gasteiger partial charge in [0.25, 0.3) is 11.8 Å². The van der Waals surface area contributed by atoms with E-state index in [9.17, 15) is 24.3 Å². The van der Waals surface area contributed by atoms with Crippen LogP contribution in [-0.2, 0) is 37.0 Å². The number of rotatable bonds is 10. The van der Waals surface area contributed by atoms with Gasteiger partial charge in [0.15, 0.2) is 23.6 Å². The first-order valence-corrected chi connectivity index (χ1v) is 15.0. The number of carbonyl (C=O) groups excluding carboxylic acids is 2. The molecule has 5 heterocycles.